The highest BCUT2D eigenvalue weighted by molar-refractivity contribution is 5.30. The Hall–Kier alpha value is -1.14. The highest BCUT2D eigenvalue weighted by Gasteiger charge is 2.43. The first-order valence-corrected chi connectivity index (χ1v) is 4.50. The third-order valence-corrected chi connectivity index (χ3v) is 2.27. The van der Waals surface area contributed by atoms with E-state index in [9.17, 15) is 17.6 Å². The van der Waals surface area contributed by atoms with Crippen molar-refractivity contribution in [3.05, 3.63) is 35.1 Å². The minimum atomic E-state index is -4.79. The number of aliphatic hydroxyl groups excluding tert-OH is 1. The number of rotatable bonds is 2. The summed E-state index contributed by atoms with van der Waals surface area (Å²) in [7, 11) is 0. The summed E-state index contributed by atoms with van der Waals surface area (Å²) in [6, 6.07) is 1.61. The van der Waals surface area contributed by atoms with Crippen molar-refractivity contribution in [2.45, 2.75) is 25.2 Å². The first-order valence-electron chi connectivity index (χ1n) is 4.50. The molecule has 1 aromatic carbocycles. The fraction of sp³-hybridized carbons (Fsp3) is 0.400. The number of nitrogens with two attached hydrogens (primary N) is 1. The Morgan fingerprint density at radius 1 is 1.31 bits per heavy atom. The molecule has 0 amide bonds. The summed E-state index contributed by atoms with van der Waals surface area (Å²) in [5, 5.41) is 8.96. The zero-order valence-corrected chi connectivity index (χ0v) is 8.42. The third-order valence-electron chi connectivity index (χ3n) is 2.27. The van der Waals surface area contributed by atoms with Crippen LogP contribution in [0.1, 0.15) is 17.2 Å². The van der Waals surface area contributed by atoms with Gasteiger partial charge in [0.1, 0.15) is 5.82 Å². The van der Waals surface area contributed by atoms with E-state index in [1.54, 1.807) is 0 Å². The zero-order chi connectivity index (χ0) is 12.5. The van der Waals surface area contributed by atoms with Crippen molar-refractivity contribution >= 4 is 0 Å². The van der Waals surface area contributed by atoms with Gasteiger partial charge in [-0.3, -0.25) is 0 Å². The number of benzene rings is 1. The fourth-order valence-corrected chi connectivity index (χ4v) is 1.39. The monoisotopic (exact) mass is 237 g/mol. The lowest BCUT2D eigenvalue weighted by Crippen LogP contribution is -2.39. The van der Waals surface area contributed by atoms with Crippen LogP contribution < -0.4 is 5.73 Å². The van der Waals surface area contributed by atoms with Crippen molar-refractivity contribution in [1.82, 2.24) is 0 Å². The molecule has 0 saturated carbocycles. The van der Waals surface area contributed by atoms with E-state index >= 15 is 0 Å². The van der Waals surface area contributed by atoms with Gasteiger partial charge in [-0.2, -0.15) is 13.2 Å². The number of aryl methyl sites for hydroxylation is 1. The van der Waals surface area contributed by atoms with Crippen LogP contribution in [0.5, 0.6) is 0 Å². The number of halogens is 4. The minimum Gasteiger partial charge on any atom is -0.382 e. The Labute approximate surface area is 89.7 Å². The van der Waals surface area contributed by atoms with Crippen LogP contribution in [0.15, 0.2) is 18.2 Å². The molecular weight excluding hydrogens is 226 g/mol. The van der Waals surface area contributed by atoms with E-state index in [0.717, 1.165) is 18.2 Å². The predicted octanol–water partition coefficient (Wildman–Crippen LogP) is 2.06. The van der Waals surface area contributed by atoms with Gasteiger partial charge in [-0.05, 0) is 30.2 Å². The predicted molar refractivity (Wildman–Crippen MR) is 50.1 cm³/mol. The maximum atomic E-state index is 12.7. The normalized spacial score (nSPS) is 15.9. The van der Waals surface area contributed by atoms with Gasteiger partial charge < -0.3 is 10.8 Å². The van der Waals surface area contributed by atoms with Crippen molar-refractivity contribution in [1.29, 1.82) is 0 Å². The topological polar surface area (TPSA) is 46.2 Å². The van der Waals surface area contributed by atoms with E-state index in [0.29, 0.717) is 0 Å². The van der Waals surface area contributed by atoms with Gasteiger partial charge in [0.25, 0.3) is 0 Å². The standard InChI is InChI=1S/C10H11F4NO/c1-5-4-6(11)2-3-7(5)8(15)9(16)10(12,13)14/h2-4,8-9,16H,15H2,1H3/t8-,9-/m1/s1. The van der Waals surface area contributed by atoms with Crippen molar-refractivity contribution in [3.8, 4) is 0 Å². The van der Waals surface area contributed by atoms with E-state index in [1.165, 1.54) is 6.92 Å². The molecular formula is C10H11F4NO. The van der Waals surface area contributed by atoms with E-state index in [2.05, 4.69) is 0 Å². The molecule has 0 aliphatic carbocycles. The molecule has 6 heteroatoms. The summed E-state index contributed by atoms with van der Waals surface area (Å²) in [5.74, 6) is -0.560. The van der Waals surface area contributed by atoms with Gasteiger partial charge in [0.15, 0.2) is 6.10 Å². The summed E-state index contributed by atoms with van der Waals surface area (Å²) < 4.78 is 49.3. The summed E-state index contributed by atoms with van der Waals surface area (Å²) in [6.45, 7) is 1.43. The molecule has 3 N–H and O–H groups in total. The smallest absolute Gasteiger partial charge is 0.382 e. The Morgan fingerprint density at radius 3 is 2.31 bits per heavy atom. The number of aliphatic hydroxyl groups is 1. The summed E-state index contributed by atoms with van der Waals surface area (Å²) in [4.78, 5) is 0. The molecule has 0 aliphatic rings. The second kappa shape index (κ2) is 4.39. The van der Waals surface area contributed by atoms with Crippen molar-refractivity contribution in [3.63, 3.8) is 0 Å². The van der Waals surface area contributed by atoms with Gasteiger partial charge in [-0.25, -0.2) is 4.39 Å². The maximum absolute atomic E-state index is 12.7. The molecule has 0 aliphatic heterocycles. The quantitative estimate of drug-likeness (QED) is 0.773. The van der Waals surface area contributed by atoms with Gasteiger partial charge in [-0.1, -0.05) is 6.07 Å². The third kappa shape index (κ3) is 2.70. The molecule has 0 spiro atoms. The molecule has 2 nitrogen and oxygen atoms in total. The number of hydrogen-bond acceptors (Lipinski definition) is 2. The Morgan fingerprint density at radius 2 is 1.88 bits per heavy atom. The maximum Gasteiger partial charge on any atom is 0.416 e. The second-order valence-electron chi connectivity index (χ2n) is 3.51. The highest BCUT2D eigenvalue weighted by Crippen LogP contribution is 2.30. The van der Waals surface area contributed by atoms with E-state index in [1.807, 2.05) is 0 Å². The van der Waals surface area contributed by atoms with Crippen molar-refractivity contribution < 1.29 is 22.7 Å². The van der Waals surface area contributed by atoms with Crippen LogP contribution in [0, 0.1) is 12.7 Å². The van der Waals surface area contributed by atoms with Gasteiger partial charge in [-0.15, -0.1) is 0 Å². The van der Waals surface area contributed by atoms with Crippen molar-refractivity contribution in [2.24, 2.45) is 5.73 Å². The van der Waals surface area contributed by atoms with Gasteiger partial charge >= 0.3 is 6.18 Å². The molecule has 0 bridgehead atoms. The van der Waals surface area contributed by atoms with Crippen LogP contribution in [0.3, 0.4) is 0 Å². The van der Waals surface area contributed by atoms with Crippen LogP contribution in [-0.2, 0) is 0 Å². The first kappa shape index (κ1) is 12.9. The fourth-order valence-electron chi connectivity index (χ4n) is 1.39. The van der Waals surface area contributed by atoms with Crippen molar-refractivity contribution in [2.75, 3.05) is 0 Å². The SMILES string of the molecule is Cc1cc(F)ccc1[C@@H](N)[C@@H](O)C(F)(F)F. The van der Waals surface area contributed by atoms with E-state index in [-0.39, 0.29) is 11.1 Å². The van der Waals surface area contributed by atoms with Crippen LogP contribution >= 0.6 is 0 Å². The number of hydrogen-bond donors (Lipinski definition) is 2. The molecule has 0 aromatic heterocycles. The Balaban J connectivity index is 3.01. The lowest BCUT2D eigenvalue weighted by Gasteiger charge is -2.22. The van der Waals surface area contributed by atoms with Crippen LogP contribution in [0.2, 0.25) is 0 Å². The molecule has 1 aromatic rings. The van der Waals surface area contributed by atoms with E-state index in [4.69, 9.17) is 10.8 Å². The molecule has 2 atom stereocenters. The second-order valence-corrected chi connectivity index (χ2v) is 3.51. The minimum absolute atomic E-state index is 0.0752. The number of alkyl halides is 3. The lowest BCUT2D eigenvalue weighted by molar-refractivity contribution is -0.210. The molecule has 1 rings (SSSR count). The van der Waals surface area contributed by atoms with E-state index < -0.39 is 24.1 Å². The van der Waals surface area contributed by atoms with Crippen LogP contribution in [0.25, 0.3) is 0 Å². The van der Waals surface area contributed by atoms with Crippen LogP contribution in [0.4, 0.5) is 17.6 Å². The van der Waals surface area contributed by atoms with Gasteiger partial charge in [0, 0.05) is 0 Å². The van der Waals surface area contributed by atoms with Gasteiger partial charge in [0.05, 0.1) is 6.04 Å². The Kier molecular flexibility index (Phi) is 3.54. The molecule has 0 saturated heterocycles. The lowest BCUT2D eigenvalue weighted by atomic mass is 9.97. The molecule has 16 heavy (non-hydrogen) atoms. The van der Waals surface area contributed by atoms with Gasteiger partial charge in [0.2, 0.25) is 0 Å². The summed E-state index contributed by atoms with van der Waals surface area (Å²) >= 11 is 0. The zero-order valence-electron chi connectivity index (χ0n) is 8.42. The average molecular weight is 237 g/mol. The average Bonchev–Trinajstić information content (AvgIpc) is 2.14. The molecule has 90 valence electrons. The summed E-state index contributed by atoms with van der Waals surface area (Å²) in [5.41, 5.74) is 5.63. The largest absolute Gasteiger partial charge is 0.416 e. The summed E-state index contributed by atoms with van der Waals surface area (Å²) in [6.07, 6.45) is -7.45. The molecule has 0 radical (unpaired) electrons. The van der Waals surface area contributed by atoms with Crippen LogP contribution in [-0.4, -0.2) is 17.4 Å². The first-order chi connectivity index (χ1) is 7.23. The Bertz CT molecular complexity index is 378. The highest BCUT2D eigenvalue weighted by atomic mass is 19.4. The molecule has 0 fully saturated rings. The molecule has 0 unspecified atom stereocenters. The molecule has 0 heterocycles.